The van der Waals surface area contributed by atoms with Gasteiger partial charge in [0, 0.05) is 12.7 Å². The minimum absolute atomic E-state index is 0.499. The van der Waals surface area contributed by atoms with Gasteiger partial charge in [0.15, 0.2) is 0 Å². The van der Waals surface area contributed by atoms with E-state index in [0.717, 1.165) is 44.6 Å². The van der Waals surface area contributed by atoms with Gasteiger partial charge in [-0.25, -0.2) is 0 Å². The molecule has 1 aliphatic rings. The SMILES string of the molecule is CCC1(C(=O)O)CCN(Cc2ccccn2)CC1. The first-order chi connectivity index (χ1) is 8.66. The lowest BCUT2D eigenvalue weighted by molar-refractivity contribution is -0.152. The van der Waals surface area contributed by atoms with Gasteiger partial charge in [0.25, 0.3) is 0 Å². The summed E-state index contributed by atoms with van der Waals surface area (Å²) < 4.78 is 0. The maximum atomic E-state index is 11.3. The minimum atomic E-state index is -0.637. The van der Waals surface area contributed by atoms with Crippen LogP contribution in [-0.4, -0.2) is 34.0 Å². The molecule has 1 saturated heterocycles. The molecule has 0 aliphatic carbocycles. The average molecular weight is 248 g/mol. The van der Waals surface area contributed by atoms with Gasteiger partial charge >= 0.3 is 5.97 Å². The molecule has 2 rings (SSSR count). The average Bonchev–Trinajstić information content (AvgIpc) is 2.41. The molecule has 0 saturated carbocycles. The molecule has 0 bridgehead atoms. The zero-order valence-corrected chi connectivity index (χ0v) is 10.8. The molecular weight excluding hydrogens is 228 g/mol. The molecule has 0 unspecified atom stereocenters. The number of piperidine rings is 1. The van der Waals surface area contributed by atoms with Gasteiger partial charge in [-0.2, -0.15) is 0 Å². The lowest BCUT2D eigenvalue weighted by atomic mass is 9.76. The van der Waals surface area contributed by atoms with Crippen molar-refractivity contribution in [2.45, 2.75) is 32.7 Å². The standard InChI is InChI=1S/C14H20N2O2/c1-2-14(13(17)18)6-9-16(10-7-14)11-12-5-3-4-8-15-12/h3-5,8H,2,6-7,9-11H2,1H3,(H,17,18). The van der Waals surface area contributed by atoms with Crippen LogP contribution in [0.1, 0.15) is 31.9 Å². The van der Waals surface area contributed by atoms with E-state index in [0.29, 0.717) is 0 Å². The van der Waals surface area contributed by atoms with Crippen LogP contribution in [0.3, 0.4) is 0 Å². The van der Waals surface area contributed by atoms with Gasteiger partial charge < -0.3 is 5.11 Å². The van der Waals surface area contributed by atoms with Crippen molar-refractivity contribution in [1.82, 2.24) is 9.88 Å². The fraction of sp³-hybridized carbons (Fsp3) is 0.571. The molecule has 0 spiro atoms. The molecule has 1 aromatic rings. The molecule has 4 nitrogen and oxygen atoms in total. The zero-order chi connectivity index (χ0) is 13.0. The molecule has 18 heavy (non-hydrogen) atoms. The summed E-state index contributed by atoms with van der Waals surface area (Å²) in [6.45, 7) is 4.48. The summed E-state index contributed by atoms with van der Waals surface area (Å²) in [5.41, 5.74) is 0.553. The Morgan fingerprint density at radius 2 is 2.17 bits per heavy atom. The molecule has 0 aromatic carbocycles. The van der Waals surface area contributed by atoms with Gasteiger partial charge in [-0.1, -0.05) is 13.0 Å². The van der Waals surface area contributed by atoms with Gasteiger partial charge in [0.2, 0.25) is 0 Å². The molecule has 1 aromatic heterocycles. The van der Waals surface area contributed by atoms with Crippen molar-refractivity contribution in [3.8, 4) is 0 Å². The smallest absolute Gasteiger partial charge is 0.309 e. The van der Waals surface area contributed by atoms with Crippen LogP contribution in [0.5, 0.6) is 0 Å². The maximum Gasteiger partial charge on any atom is 0.309 e. The Kier molecular flexibility index (Phi) is 3.97. The van der Waals surface area contributed by atoms with E-state index in [1.54, 1.807) is 6.20 Å². The van der Waals surface area contributed by atoms with E-state index in [1.165, 1.54) is 0 Å². The first-order valence-corrected chi connectivity index (χ1v) is 6.52. The van der Waals surface area contributed by atoms with Gasteiger partial charge in [-0.3, -0.25) is 14.7 Å². The second kappa shape index (κ2) is 5.48. The Bertz CT molecular complexity index is 398. The summed E-state index contributed by atoms with van der Waals surface area (Å²) in [6.07, 6.45) is 4.00. The van der Waals surface area contributed by atoms with E-state index < -0.39 is 11.4 Å². The Labute approximate surface area is 108 Å². The van der Waals surface area contributed by atoms with Crippen molar-refractivity contribution in [2.24, 2.45) is 5.41 Å². The lowest BCUT2D eigenvalue weighted by Crippen LogP contribution is -2.43. The number of aromatic nitrogens is 1. The summed E-state index contributed by atoms with van der Waals surface area (Å²) >= 11 is 0. The van der Waals surface area contributed by atoms with Crippen LogP contribution in [0.4, 0.5) is 0 Å². The van der Waals surface area contributed by atoms with E-state index in [4.69, 9.17) is 0 Å². The number of rotatable bonds is 4. The number of aliphatic carboxylic acids is 1. The van der Waals surface area contributed by atoms with Crippen LogP contribution in [0.15, 0.2) is 24.4 Å². The highest BCUT2D eigenvalue weighted by Gasteiger charge is 2.39. The quantitative estimate of drug-likeness (QED) is 0.887. The maximum absolute atomic E-state index is 11.3. The lowest BCUT2D eigenvalue weighted by Gasteiger charge is -2.38. The molecule has 98 valence electrons. The Morgan fingerprint density at radius 3 is 2.67 bits per heavy atom. The third-order valence-electron chi connectivity index (χ3n) is 4.06. The summed E-state index contributed by atoms with van der Waals surface area (Å²) in [4.78, 5) is 17.9. The monoisotopic (exact) mass is 248 g/mol. The summed E-state index contributed by atoms with van der Waals surface area (Å²) in [6, 6.07) is 5.91. The normalized spacial score (nSPS) is 19.6. The van der Waals surface area contributed by atoms with E-state index in [-0.39, 0.29) is 0 Å². The van der Waals surface area contributed by atoms with E-state index >= 15 is 0 Å². The van der Waals surface area contributed by atoms with Gasteiger partial charge in [-0.15, -0.1) is 0 Å². The number of likely N-dealkylation sites (tertiary alicyclic amines) is 1. The van der Waals surface area contributed by atoms with E-state index in [2.05, 4.69) is 9.88 Å². The van der Waals surface area contributed by atoms with E-state index in [9.17, 15) is 9.90 Å². The predicted octanol–water partition coefficient (Wildman–Crippen LogP) is 2.16. The molecule has 0 amide bonds. The highest BCUT2D eigenvalue weighted by atomic mass is 16.4. The van der Waals surface area contributed by atoms with Crippen molar-refractivity contribution in [3.63, 3.8) is 0 Å². The summed E-state index contributed by atoms with van der Waals surface area (Å²) in [5.74, 6) is -0.637. The number of hydrogen-bond donors (Lipinski definition) is 1. The second-order valence-corrected chi connectivity index (χ2v) is 5.04. The van der Waals surface area contributed by atoms with Crippen molar-refractivity contribution < 1.29 is 9.90 Å². The van der Waals surface area contributed by atoms with Crippen molar-refractivity contribution in [3.05, 3.63) is 30.1 Å². The third-order valence-corrected chi connectivity index (χ3v) is 4.06. The fourth-order valence-electron chi connectivity index (χ4n) is 2.58. The molecule has 2 heterocycles. The van der Waals surface area contributed by atoms with Crippen LogP contribution in [-0.2, 0) is 11.3 Å². The molecule has 4 heteroatoms. The van der Waals surface area contributed by atoms with Crippen LogP contribution < -0.4 is 0 Å². The number of nitrogens with zero attached hydrogens (tertiary/aromatic N) is 2. The van der Waals surface area contributed by atoms with Crippen molar-refractivity contribution in [2.75, 3.05) is 13.1 Å². The molecule has 0 radical (unpaired) electrons. The van der Waals surface area contributed by atoms with E-state index in [1.807, 2.05) is 25.1 Å². The number of carbonyl (C=O) groups is 1. The number of carboxylic acids is 1. The van der Waals surface area contributed by atoms with Crippen LogP contribution in [0.25, 0.3) is 0 Å². The predicted molar refractivity (Wildman–Crippen MR) is 69.1 cm³/mol. The van der Waals surface area contributed by atoms with Gasteiger partial charge in [-0.05, 0) is 44.5 Å². The fourth-order valence-corrected chi connectivity index (χ4v) is 2.58. The van der Waals surface area contributed by atoms with Gasteiger partial charge in [0.1, 0.15) is 0 Å². The Balaban J connectivity index is 1.93. The molecule has 1 N–H and O–H groups in total. The molecule has 1 fully saturated rings. The van der Waals surface area contributed by atoms with Crippen LogP contribution in [0, 0.1) is 5.41 Å². The highest BCUT2D eigenvalue weighted by Crippen LogP contribution is 2.35. The van der Waals surface area contributed by atoms with Crippen molar-refractivity contribution in [1.29, 1.82) is 0 Å². The summed E-state index contributed by atoms with van der Waals surface area (Å²) in [7, 11) is 0. The second-order valence-electron chi connectivity index (χ2n) is 5.04. The molecule has 0 atom stereocenters. The highest BCUT2D eigenvalue weighted by molar-refractivity contribution is 5.74. The largest absolute Gasteiger partial charge is 0.481 e. The topological polar surface area (TPSA) is 53.4 Å². The third kappa shape index (κ3) is 2.70. The minimum Gasteiger partial charge on any atom is -0.481 e. The first kappa shape index (κ1) is 13.0. The van der Waals surface area contributed by atoms with Crippen LogP contribution in [0.2, 0.25) is 0 Å². The first-order valence-electron chi connectivity index (χ1n) is 6.52. The zero-order valence-electron chi connectivity index (χ0n) is 10.8. The number of hydrogen-bond acceptors (Lipinski definition) is 3. The summed E-state index contributed by atoms with van der Waals surface area (Å²) in [5, 5.41) is 9.33. The Morgan fingerprint density at radius 1 is 1.44 bits per heavy atom. The number of carboxylic acid groups (broad SMARTS) is 1. The van der Waals surface area contributed by atoms with Gasteiger partial charge in [0.05, 0.1) is 11.1 Å². The van der Waals surface area contributed by atoms with Crippen LogP contribution >= 0.6 is 0 Å². The number of pyridine rings is 1. The Hall–Kier alpha value is -1.42. The molecule has 1 aliphatic heterocycles. The molecular formula is C14H20N2O2. The van der Waals surface area contributed by atoms with Crippen molar-refractivity contribution >= 4 is 5.97 Å².